The number of hydrogen-bond donors (Lipinski definition) is 1. The maximum Gasteiger partial charge on any atom is 0.391 e. The van der Waals surface area contributed by atoms with Gasteiger partial charge in [-0.25, -0.2) is 19.7 Å². The van der Waals surface area contributed by atoms with Crippen molar-refractivity contribution in [3.8, 4) is 5.88 Å². The molecule has 1 N–H and O–H groups in total. The Hall–Kier alpha value is -3.59. The minimum atomic E-state index is -4.52. The Morgan fingerprint density at radius 2 is 2.08 bits per heavy atom. The molecule has 0 unspecified atom stereocenters. The number of rotatable bonds is 7. The smallest absolute Gasteiger partial charge is 0.391 e. The summed E-state index contributed by atoms with van der Waals surface area (Å²) in [5.41, 5.74) is 0.520. The SMILES string of the molecule is C[C@@H](CC(=O)c1ncc2c(n1)N(C(=O)Nc1nccc(OC[C@H]3COC(C)(C)O3)n1)[C@H]1CCCN2C1)C(F)(F)F. The monoisotopic (exact) mass is 565 g/mol. The maximum atomic E-state index is 13.5. The third kappa shape index (κ3) is 6.09. The van der Waals surface area contributed by atoms with Crippen molar-refractivity contribution in [3.05, 3.63) is 24.3 Å². The van der Waals surface area contributed by atoms with Crippen molar-refractivity contribution < 1.29 is 37.0 Å². The number of urea groups is 1. The van der Waals surface area contributed by atoms with Crippen LogP contribution in [0.25, 0.3) is 0 Å². The largest absolute Gasteiger partial charge is 0.475 e. The standard InChI is InChI=1S/C25H30F3N7O5/c1-14(25(26,27)28)9-18(36)20-30-10-17-21(32-20)35(15-5-4-8-34(17)11-15)23(37)33-22-29-7-6-19(31-22)38-12-16-13-39-24(2,3)40-16/h6-7,10,14-16H,4-5,8-9,11-13H2,1-3H3,(H,29,31,33,37)/t14-,15-,16-/m0/s1. The van der Waals surface area contributed by atoms with Crippen LogP contribution in [0.1, 0.15) is 50.7 Å². The van der Waals surface area contributed by atoms with Crippen molar-refractivity contribution in [2.24, 2.45) is 5.92 Å². The lowest BCUT2D eigenvalue weighted by atomic mass is 10.00. The maximum absolute atomic E-state index is 13.5. The lowest BCUT2D eigenvalue weighted by molar-refractivity contribution is -0.168. The first-order chi connectivity index (χ1) is 18.9. The van der Waals surface area contributed by atoms with Crippen molar-refractivity contribution in [3.63, 3.8) is 0 Å². The average molecular weight is 566 g/mol. The fourth-order valence-electron chi connectivity index (χ4n) is 4.87. The lowest BCUT2D eigenvalue weighted by Gasteiger charge is -2.45. The summed E-state index contributed by atoms with van der Waals surface area (Å²) in [4.78, 5) is 46.2. The molecular formula is C25H30F3N7O5. The summed E-state index contributed by atoms with van der Waals surface area (Å²) in [6.07, 6.45) is -1.30. The van der Waals surface area contributed by atoms with Crippen LogP contribution in [0.15, 0.2) is 18.5 Å². The molecule has 2 bridgehead atoms. The number of amides is 2. The molecule has 0 spiro atoms. The second-order valence-electron chi connectivity index (χ2n) is 10.5. The van der Waals surface area contributed by atoms with Gasteiger partial charge in [0, 0.05) is 31.8 Å². The number of alkyl halides is 3. The minimum Gasteiger partial charge on any atom is -0.475 e. The van der Waals surface area contributed by atoms with Gasteiger partial charge in [0.15, 0.2) is 17.4 Å². The Bertz CT molecular complexity index is 1280. The molecule has 0 saturated carbocycles. The molecular weight excluding hydrogens is 535 g/mol. The third-order valence-electron chi connectivity index (χ3n) is 6.93. The summed E-state index contributed by atoms with van der Waals surface area (Å²) in [7, 11) is 0. The zero-order valence-electron chi connectivity index (χ0n) is 22.3. The predicted molar refractivity (Wildman–Crippen MR) is 135 cm³/mol. The number of piperidine rings is 1. The highest BCUT2D eigenvalue weighted by atomic mass is 19.4. The number of hydrogen-bond acceptors (Lipinski definition) is 10. The fraction of sp³-hybridized carbons (Fsp3) is 0.600. The molecule has 2 aromatic rings. The lowest BCUT2D eigenvalue weighted by Crippen LogP contribution is -2.56. The zero-order valence-corrected chi connectivity index (χ0v) is 22.3. The van der Waals surface area contributed by atoms with Gasteiger partial charge in [-0.2, -0.15) is 18.2 Å². The first-order valence-electron chi connectivity index (χ1n) is 13.0. The fourth-order valence-corrected chi connectivity index (χ4v) is 4.87. The Balaban J connectivity index is 1.33. The van der Waals surface area contributed by atoms with E-state index < -0.39 is 36.1 Å². The van der Waals surface area contributed by atoms with E-state index in [0.29, 0.717) is 31.8 Å². The first-order valence-corrected chi connectivity index (χ1v) is 13.0. The Labute approximate surface area is 228 Å². The van der Waals surface area contributed by atoms with Crippen LogP contribution < -0.4 is 19.9 Å². The number of carbonyl (C=O) groups excluding carboxylic acids is 2. The second-order valence-corrected chi connectivity index (χ2v) is 10.5. The van der Waals surface area contributed by atoms with Gasteiger partial charge in [0.1, 0.15) is 12.7 Å². The van der Waals surface area contributed by atoms with Gasteiger partial charge in [-0.3, -0.25) is 15.0 Å². The highest BCUT2D eigenvalue weighted by molar-refractivity contribution is 6.04. The van der Waals surface area contributed by atoms with Gasteiger partial charge in [0.2, 0.25) is 17.6 Å². The Morgan fingerprint density at radius 1 is 1.27 bits per heavy atom. The van der Waals surface area contributed by atoms with Crippen LogP contribution in [-0.2, 0) is 9.47 Å². The van der Waals surface area contributed by atoms with Gasteiger partial charge in [0.25, 0.3) is 0 Å². The first kappa shape index (κ1) is 28.0. The molecule has 5 heterocycles. The number of nitrogens with one attached hydrogen (secondary N) is 1. The van der Waals surface area contributed by atoms with Gasteiger partial charge in [-0.15, -0.1) is 0 Å². The van der Waals surface area contributed by atoms with Crippen molar-refractivity contribution >= 4 is 29.3 Å². The highest BCUT2D eigenvalue weighted by Crippen LogP contribution is 2.38. The van der Waals surface area contributed by atoms with Crippen molar-refractivity contribution in [1.29, 1.82) is 0 Å². The molecule has 40 heavy (non-hydrogen) atoms. The van der Waals surface area contributed by atoms with E-state index in [1.54, 1.807) is 6.07 Å². The minimum absolute atomic E-state index is 0.0180. The van der Waals surface area contributed by atoms with E-state index in [4.69, 9.17) is 14.2 Å². The average Bonchev–Trinajstić information content (AvgIpc) is 3.25. The van der Waals surface area contributed by atoms with E-state index in [0.717, 1.165) is 13.3 Å². The molecule has 216 valence electrons. The molecule has 5 rings (SSSR count). The number of aromatic nitrogens is 4. The molecule has 15 heteroatoms. The number of Topliss-reactive ketones (excluding diaryl/α,β-unsaturated/α-hetero) is 1. The zero-order chi connectivity index (χ0) is 28.7. The molecule has 3 aliphatic rings. The van der Waals surface area contributed by atoms with Gasteiger partial charge < -0.3 is 19.1 Å². The van der Waals surface area contributed by atoms with E-state index in [1.807, 2.05) is 18.7 Å². The van der Waals surface area contributed by atoms with E-state index in [-0.39, 0.29) is 42.2 Å². The summed E-state index contributed by atoms with van der Waals surface area (Å²) in [5.74, 6) is -3.42. The van der Waals surface area contributed by atoms with Crippen LogP contribution in [0.2, 0.25) is 0 Å². The molecule has 2 saturated heterocycles. The van der Waals surface area contributed by atoms with Crippen LogP contribution in [0.4, 0.5) is 35.4 Å². The molecule has 0 radical (unpaired) electrons. The van der Waals surface area contributed by atoms with Crippen LogP contribution in [-0.4, -0.2) is 82.2 Å². The third-order valence-corrected chi connectivity index (χ3v) is 6.93. The number of fused-ring (bicyclic) bond motifs is 4. The Morgan fingerprint density at radius 3 is 2.80 bits per heavy atom. The summed E-state index contributed by atoms with van der Waals surface area (Å²) < 4.78 is 56.0. The van der Waals surface area contributed by atoms with E-state index in [9.17, 15) is 22.8 Å². The predicted octanol–water partition coefficient (Wildman–Crippen LogP) is 3.59. The van der Waals surface area contributed by atoms with Gasteiger partial charge >= 0.3 is 12.2 Å². The van der Waals surface area contributed by atoms with E-state index >= 15 is 0 Å². The number of carbonyl (C=O) groups is 2. The van der Waals surface area contributed by atoms with Crippen LogP contribution in [0.5, 0.6) is 5.88 Å². The number of halogens is 3. The summed E-state index contributed by atoms with van der Waals surface area (Å²) in [5, 5.41) is 2.65. The normalized spacial score (nSPS) is 22.4. The van der Waals surface area contributed by atoms with Crippen LogP contribution >= 0.6 is 0 Å². The highest BCUT2D eigenvalue weighted by Gasteiger charge is 2.41. The quantitative estimate of drug-likeness (QED) is 0.497. The number of anilines is 3. The van der Waals surface area contributed by atoms with Crippen molar-refractivity contribution in [1.82, 2.24) is 19.9 Å². The summed E-state index contributed by atoms with van der Waals surface area (Å²) in [6, 6.07) is 0.661. The molecule has 2 aromatic heterocycles. The van der Waals surface area contributed by atoms with Crippen molar-refractivity contribution in [2.75, 3.05) is 41.4 Å². The summed E-state index contributed by atoms with van der Waals surface area (Å²) in [6.45, 7) is 6.33. The van der Waals surface area contributed by atoms with Gasteiger partial charge in [-0.05, 0) is 26.7 Å². The number of nitrogens with zero attached hydrogens (tertiary/aromatic N) is 6. The van der Waals surface area contributed by atoms with Crippen molar-refractivity contribution in [2.45, 2.75) is 64.1 Å². The molecule has 0 aliphatic carbocycles. The molecule has 2 amide bonds. The Kier molecular flexibility index (Phi) is 7.52. The van der Waals surface area contributed by atoms with Crippen LogP contribution in [0, 0.1) is 5.92 Å². The van der Waals surface area contributed by atoms with E-state index in [2.05, 4.69) is 25.3 Å². The topological polar surface area (TPSA) is 132 Å². The van der Waals surface area contributed by atoms with E-state index in [1.165, 1.54) is 17.3 Å². The number of ketones is 1. The van der Waals surface area contributed by atoms with Gasteiger partial charge in [0.05, 0.1) is 30.5 Å². The molecule has 0 aromatic carbocycles. The van der Waals surface area contributed by atoms with Crippen LogP contribution in [0.3, 0.4) is 0 Å². The summed E-state index contributed by atoms with van der Waals surface area (Å²) >= 11 is 0. The number of ether oxygens (including phenoxy) is 3. The molecule has 12 nitrogen and oxygen atoms in total. The molecule has 3 atom stereocenters. The van der Waals surface area contributed by atoms with Gasteiger partial charge in [-0.1, -0.05) is 6.92 Å². The molecule has 3 aliphatic heterocycles. The molecule has 2 fully saturated rings. The second kappa shape index (κ2) is 10.8.